The van der Waals surface area contributed by atoms with E-state index in [0.29, 0.717) is 22.0 Å². The van der Waals surface area contributed by atoms with Crippen molar-refractivity contribution in [2.24, 2.45) is 0 Å². The summed E-state index contributed by atoms with van der Waals surface area (Å²) in [6.07, 6.45) is 0. The maximum absolute atomic E-state index is 12.9. The largest absolute Gasteiger partial charge is 0.320 e. The third-order valence-electron chi connectivity index (χ3n) is 4.54. The van der Waals surface area contributed by atoms with Crippen LogP contribution in [0.2, 0.25) is 0 Å². The fourth-order valence-corrected chi connectivity index (χ4v) is 2.92. The average Bonchev–Trinajstić information content (AvgIpc) is 2.78. The Morgan fingerprint density at radius 3 is 2.10 bits per heavy atom. The SMILES string of the molecule is Cc1c(C)c(C)c2c(=O)c3c(C)[nH]nc3c(=O)[nH]c2c1C. The molecule has 2 heterocycles. The van der Waals surface area contributed by atoms with Gasteiger partial charge < -0.3 is 4.98 Å². The summed E-state index contributed by atoms with van der Waals surface area (Å²) in [7, 11) is 0. The smallest absolute Gasteiger partial charge is 0.276 e. The normalized spacial score (nSPS) is 11.5. The van der Waals surface area contributed by atoms with Gasteiger partial charge in [0.05, 0.1) is 10.9 Å². The fourth-order valence-electron chi connectivity index (χ4n) is 2.92. The fraction of sp³-hybridized carbons (Fsp3) is 0.312. The van der Waals surface area contributed by atoms with Crippen LogP contribution in [0.15, 0.2) is 9.59 Å². The zero-order valence-corrected chi connectivity index (χ0v) is 12.8. The Bertz CT molecular complexity index is 1030. The van der Waals surface area contributed by atoms with Gasteiger partial charge in [0.2, 0.25) is 0 Å². The van der Waals surface area contributed by atoms with E-state index in [1.165, 1.54) is 0 Å². The van der Waals surface area contributed by atoms with Crippen LogP contribution >= 0.6 is 0 Å². The Morgan fingerprint density at radius 2 is 1.43 bits per heavy atom. The maximum Gasteiger partial charge on any atom is 0.276 e. The minimum absolute atomic E-state index is 0.145. The van der Waals surface area contributed by atoms with Gasteiger partial charge in [-0.15, -0.1) is 0 Å². The molecule has 5 nitrogen and oxygen atoms in total. The summed E-state index contributed by atoms with van der Waals surface area (Å²) in [5.74, 6) is 0. The van der Waals surface area contributed by atoms with Crippen molar-refractivity contribution in [2.45, 2.75) is 34.6 Å². The van der Waals surface area contributed by atoms with E-state index in [2.05, 4.69) is 15.2 Å². The molecule has 3 rings (SSSR count). The lowest BCUT2D eigenvalue weighted by atomic mass is 9.94. The number of nitrogens with one attached hydrogen (secondary N) is 2. The lowest BCUT2D eigenvalue weighted by molar-refractivity contribution is 1.06. The predicted molar refractivity (Wildman–Crippen MR) is 84.2 cm³/mol. The molecule has 0 radical (unpaired) electrons. The first-order valence-electron chi connectivity index (χ1n) is 6.86. The van der Waals surface area contributed by atoms with Crippen molar-refractivity contribution in [2.75, 3.05) is 0 Å². The molecule has 0 atom stereocenters. The number of aryl methyl sites for hydroxylation is 3. The molecule has 0 saturated heterocycles. The number of rotatable bonds is 0. The summed E-state index contributed by atoms with van der Waals surface area (Å²) in [5.41, 5.74) is 4.93. The Labute approximate surface area is 121 Å². The van der Waals surface area contributed by atoms with Crippen LogP contribution in [0.1, 0.15) is 27.9 Å². The molecule has 3 aromatic rings. The number of fused-ring (bicyclic) bond motifs is 2. The van der Waals surface area contributed by atoms with Crippen LogP contribution in [0.25, 0.3) is 21.8 Å². The molecule has 0 fully saturated rings. The van der Waals surface area contributed by atoms with Crippen molar-refractivity contribution in [3.63, 3.8) is 0 Å². The molecule has 2 N–H and O–H groups in total. The van der Waals surface area contributed by atoms with Crippen molar-refractivity contribution < 1.29 is 0 Å². The van der Waals surface area contributed by atoms with Gasteiger partial charge in [-0.3, -0.25) is 14.7 Å². The Balaban J connectivity index is 2.84. The highest BCUT2D eigenvalue weighted by atomic mass is 16.1. The predicted octanol–water partition coefficient (Wildman–Crippen LogP) is 2.31. The van der Waals surface area contributed by atoms with E-state index in [4.69, 9.17) is 0 Å². The average molecular weight is 283 g/mol. The first-order chi connectivity index (χ1) is 9.84. The van der Waals surface area contributed by atoms with Gasteiger partial charge in [-0.2, -0.15) is 5.10 Å². The Kier molecular flexibility index (Phi) is 2.76. The Morgan fingerprint density at radius 1 is 0.810 bits per heavy atom. The maximum atomic E-state index is 12.9. The molecule has 0 spiro atoms. The van der Waals surface area contributed by atoms with E-state index in [0.717, 1.165) is 22.3 Å². The first kappa shape index (κ1) is 13.5. The van der Waals surface area contributed by atoms with Gasteiger partial charge in [0.15, 0.2) is 10.9 Å². The third kappa shape index (κ3) is 1.67. The molecule has 108 valence electrons. The first-order valence-corrected chi connectivity index (χ1v) is 6.86. The van der Waals surface area contributed by atoms with Gasteiger partial charge in [0.1, 0.15) is 0 Å². The zero-order chi connectivity index (χ0) is 15.5. The molecule has 0 saturated carbocycles. The number of hydrogen-bond donors (Lipinski definition) is 2. The molecule has 0 bridgehead atoms. The van der Waals surface area contributed by atoms with Crippen LogP contribution in [0.4, 0.5) is 0 Å². The topological polar surface area (TPSA) is 78.6 Å². The highest BCUT2D eigenvalue weighted by Crippen LogP contribution is 2.25. The second-order valence-corrected chi connectivity index (χ2v) is 5.61. The second-order valence-electron chi connectivity index (χ2n) is 5.61. The van der Waals surface area contributed by atoms with Crippen molar-refractivity contribution in [1.29, 1.82) is 0 Å². The molecule has 0 unspecified atom stereocenters. The number of aromatic amines is 2. The minimum atomic E-state index is -0.341. The molecule has 5 heteroatoms. The summed E-state index contributed by atoms with van der Waals surface area (Å²) in [6, 6.07) is 0. The van der Waals surface area contributed by atoms with Crippen molar-refractivity contribution >= 4 is 21.8 Å². The lowest BCUT2D eigenvalue weighted by Crippen LogP contribution is -2.05. The number of aromatic nitrogens is 3. The highest BCUT2D eigenvalue weighted by molar-refractivity contribution is 5.94. The van der Waals surface area contributed by atoms with Crippen LogP contribution in [0.3, 0.4) is 0 Å². The van der Waals surface area contributed by atoms with Gasteiger partial charge >= 0.3 is 0 Å². The molecule has 1 aromatic carbocycles. The van der Waals surface area contributed by atoms with Gasteiger partial charge in [0, 0.05) is 11.1 Å². The second kappa shape index (κ2) is 4.28. The molecule has 2 aromatic heterocycles. The van der Waals surface area contributed by atoms with E-state index in [-0.39, 0.29) is 16.5 Å². The van der Waals surface area contributed by atoms with Crippen molar-refractivity contribution in [3.05, 3.63) is 48.5 Å². The highest BCUT2D eigenvalue weighted by Gasteiger charge is 2.16. The zero-order valence-electron chi connectivity index (χ0n) is 12.8. The molecule has 0 aliphatic heterocycles. The van der Waals surface area contributed by atoms with E-state index < -0.39 is 0 Å². The van der Waals surface area contributed by atoms with Crippen LogP contribution in [-0.4, -0.2) is 15.2 Å². The monoisotopic (exact) mass is 283 g/mol. The van der Waals surface area contributed by atoms with Gasteiger partial charge in [-0.25, -0.2) is 0 Å². The molecular weight excluding hydrogens is 266 g/mol. The summed E-state index contributed by atoms with van der Waals surface area (Å²) in [6.45, 7) is 9.61. The number of nitrogens with zero attached hydrogens (tertiary/aromatic N) is 1. The molecule has 0 aliphatic carbocycles. The summed E-state index contributed by atoms with van der Waals surface area (Å²) < 4.78 is 0. The van der Waals surface area contributed by atoms with Crippen molar-refractivity contribution in [3.8, 4) is 0 Å². The van der Waals surface area contributed by atoms with E-state index in [9.17, 15) is 9.59 Å². The van der Waals surface area contributed by atoms with Gasteiger partial charge in [0.25, 0.3) is 5.56 Å². The quantitative estimate of drug-likeness (QED) is 0.664. The summed E-state index contributed by atoms with van der Waals surface area (Å²) in [4.78, 5) is 28.1. The van der Waals surface area contributed by atoms with E-state index >= 15 is 0 Å². The molecule has 21 heavy (non-hydrogen) atoms. The third-order valence-corrected chi connectivity index (χ3v) is 4.54. The van der Waals surface area contributed by atoms with Gasteiger partial charge in [-0.1, -0.05) is 0 Å². The van der Waals surface area contributed by atoms with Crippen LogP contribution in [0.5, 0.6) is 0 Å². The van der Waals surface area contributed by atoms with Crippen molar-refractivity contribution in [1.82, 2.24) is 15.2 Å². The molecule has 0 amide bonds. The number of benzene rings is 1. The van der Waals surface area contributed by atoms with Crippen LogP contribution in [0, 0.1) is 34.6 Å². The standard InChI is InChI=1S/C16H17N3O2/c1-6-7(2)9(4)13-11(8(6)3)15(20)12-10(5)18-19-14(12)16(21)17-13/h1-5H3,(H,17,21)(H,18,19). The van der Waals surface area contributed by atoms with Crippen LogP contribution in [-0.2, 0) is 0 Å². The van der Waals surface area contributed by atoms with Gasteiger partial charge in [-0.05, 0) is 56.9 Å². The lowest BCUT2D eigenvalue weighted by Gasteiger charge is -2.11. The van der Waals surface area contributed by atoms with E-state index in [1.54, 1.807) is 6.92 Å². The Hall–Kier alpha value is -2.43. The molecular formula is C16H17N3O2. The van der Waals surface area contributed by atoms with Crippen LogP contribution < -0.4 is 11.0 Å². The summed E-state index contributed by atoms with van der Waals surface area (Å²) in [5, 5.41) is 7.65. The number of hydrogen-bond acceptors (Lipinski definition) is 3. The number of H-pyrrole nitrogens is 2. The van der Waals surface area contributed by atoms with E-state index in [1.807, 2.05) is 27.7 Å². The molecule has 0 aliphatic rings. The summed E-state index contributed by atoms with van der Waals surface area (Å²) >= 11 is 0. The minimum Gasteiger partial charge on any atom is -0.320 e.